The second-order valence-electron chi connectivity index (χ2n) is 5.41. The van der Waals surface area contributed by atoms with Crippen molar-refractivity contribution in [3.63, 3.8) is 0 Å². The van der Waals surface area contributed by atoms with Crippen LogP contribution in [0.25, 0.3) is 10.9 Å². The number of rotatable bonds is 4. The Morgan fingerprint density at radius 1 is 1.38 bits per heavy atom. The second kappa shape index (κ2) is 5.65. The third-order valence-corrected chi connectivity index (χ3v) is 4.18. The highest BCUT2D eigenvalue weighted by Gasteiger charge is 2.27. The normalized spacial score (nSPS) is 21.6. The molecule has 6 nitrogen and oxygen atoms in total. The van der Waals surface area contributed by atoms with Gasteiger partial charge in [-0.1, -0.05) is 18.6 Å². The number of para-hydroxylation sites is 1. The molecular formula is C15H17N3O3. The molecule has 2 aromatic rings. The molecule has 2 unspecified atom stereocenters. The highest BCUT2D eigenvalue weighted by atomic mass is 16.6. The van der Waals surface area contributed by atoms with Crippen LogP contribution in [-0.2, 0) is 0 Å². The van der Waals surface area contributed by atoms with E-state index >= 15 is 0 Å². The molecule has 0 bridgehead atoms. The molecular weight excluding hydrogens is 270 g/mol. The maximum atomic E-state index is 11.1. The smallest absolute Gasteiger partial charge is 0.295 e. The summed E-state index contributed by atoms with van der Waals surface area (Å²) in [4.78, 5) is 14.8. The topological polar surface area (TPSA) is 88.3 Å². The van der Waals surface area contributed by atoms with Crippen LogP contribution in [0.5, 0.6) is 0 Å². The van der Waals surface area contributed by atoms with Crippen LogP contribution in [0, 0.1) is 16.0 Å². The largest absolute Gasteiger partial charge is 0.396 e. The number of pyridine rings is 1. The first kappa shape index (κ1) is 13.8. The van der Waals surface area contributed by atoms with Gasteiger partial charge in [-0.15, -0.1) is 0 Å². The van der Waals surface area contributed by atoms with Gasteiger partial charge in [0, 0.05) is 41.9 Å². The zero-order chi connectivity index (χ0) is 14.8. The zero-order valence-corrected chi connectivity index (χ0v) is 11.5. The molecule has 2 atom stereocenters. The van der Waals surface area contributed by atoms with E-state index in [2.05, 4.69) is 10.3 Å². The van der Waals surface area contributed by atoms with Crippen LogP contribution in [0.2, 0.25) is 0 Å². The van der Waals surface area contributed by atoms with E-state index in [0.29, 0.717) is 5.52 Å². The van der Waals surface area contributed by atoms with Gasteiger partial charge in [-0.25, -0.2) is 4.98 Å². The van der Waals surface area contributed by atoms with Crippen molar-refractivity contribution in [2.45, 2.75) is 25.3 Å². The highest BCUT2D eigenvalue weighted by Crippen LogP contribution is 2.32. The fourth-order valence-corrected chi connectivity index (χ4v) is 3.08. The molecule has 1 aliphatic rings. The Kier molecular flexibility index (Phi) is 3.70. The fraction of sp³-hybridized carbons (Fsp3) is 0.400. The van der Waals surface area contributed by atoms with Crippen molar-refractivity contribution < 1.29 is 10.0 Å². The molecule has 0 spiro atoms. The summed E-state index contributed by atoms with van der Waals surface area (Å²) in [5.41, 5.74) is 1.25. The summed E-state index contributed by atoms with van der Waals surface area (Å²) in [5.74, 6) is 0.243. The Bertz CT molecular complexity index is 674. The molecule has 3 rings (SSSR count). The number of aromatic nitrogens is 1. The molecule has 1 heterocycles. The summed E-state index contributed by atoms with van der Waals surface area (Å²) in [7, 11) is 0. The molecule has 1 aromatic carbocycles. The number of fused-ring (bicyclic) bond motifs is 1. The van der Waals surface area contributed by atoms with Crippen LogP contribution < -0.4 is 5.32 Å². The van der Waals surface area contributed by atoms with Crippen molar-refractivity contribution in [3.8, 4) is 0 Å². The third kappa shape index (κ3) is 2.54. The van der Waals surface area contributed by atoms with Crippen molar-refractivity contribution in [2.75, 3.05) is 11.9 Å². The van der Waals surface area contributed by atoms with Gasteiger partial charge in [0.2, 0.25) is 0 Å². The Labute approximate surface area is 122 Å². The first-order chi connectivity index (χ1) is 10.2. The molecule has 1 aliphatic carbocycles. The van der Waals surface area contributed by atoms with Crippen molar-refractivity contribution in [3.05, 3.63) is 40.6 Å². The molecule has 1 fully saturated rings. The van der Waals surface area contributed by atoms with Gasteiger partial charge in [0.15, 0.2) is 0 Å². The van der Waals surface area contributed by atoms with E-state index in [1.54, 1.807) is 12.3 Å². The average Bonchev–Trinajstić information content (AvgIpc) is 2.94. The number of aliphatic hydroxyl groups is 1. The second-order valence-corrected chi connectivity index (χ2v) is 5.41. The number of benzene rings is 1. The lowest BCUT2D eigenvalue weighted by atomic mass is 10.0. The van der Waals surface area contributed by atoms with Crippen LogP contribution in [0.4, 0.5) is 11.4 Å². The molecule has 21 heavy (non-hydrogen) atoms. The van der Waals surface area contributed by atoms with E-state index in [1.807, 2.05) is 12.1 Å². The lowest BCUT2D eigenvalue weighted by molar-refractivity contribution is -0.383. The Hall–Kier alpha value is -2.21. The number of hydrogen-bond acceptors (Lipinski definition) is 5. The summed E-state index contributed by atoms with van der Waals surface area (Å²) in [6.45, 7) is 0.167. The first-order valence-electron chi connectivity index (χ1n) is 7.10. The van der Waals surface area contributed by atoms with Gasteiger partial charge in [0.25, 0.3) is 5.69 Å². The number of nitrogens with zero attached hydrogens (tertiary/aromatic N) is 2. The van der Waals surface area contributed by atoms with Gasteiger partial charge in [-0.3, -0.25) is 10.1 Å². The number of hydrogen-bond donors (Lipinski definition) is 2. The molecule has 0 radical (unpaired) electrons. The fourth-order valence-electron chi connectivity index (χ4n) is 3.08. The van der Waals surface area contributed by atoms with Crippen molar-refractivity contribution >= 4 is 22.3 Å². The monoisotopic (exact) mass is 287 g/mol. The maximum Gasteiger partial charge on any atom is 0.295 e. The highest BCUT2D eigenvalue weighted by molar-refractivity contribution is 5.96. The minimum Gasteiger partial charge on any atom is -0.396 e. The summed E-state index contributed by atoms with van der Waals surface area (Å²) >= 11 is 0. The number of nitro groups is 1. The van der Waals surface area contributed by atoms with Crippen molar-refractivity contribution in [1.82, 2.24) is 4.98 Å². The van der Waals surface area contributed by atoms with E-state index in [4.69, 9.17) is 0 Å². The SMILES string of the molecule is O=[N+]([O-])c1cccc2c(NC3CCCC3CO)ccnc12. The molecule has 6 heteroatoms. The minimum atomic E-state index is -0.411. The molecule has 0 aliphatic heterocycles. The van der Waals surface area contributed by atoms with Gasteiger partial charge >= 0.3 is 0 Å². The summed E-state index contributed by atoms with van der Waals surface area (Å²) in [6, 6.07) is 7.01. The molecule has 2 N–H and O–H groups in total. The van der Waals surface area contributed by atoms with Gasteiger partial charge in [0.05, 0.1) is 4.92 Å². The average molecular weight is 287 g/mol. The van der Waals surface area contributed by atoms with Gasteiger partial charge in [-0.05, 0) is 18.9 Å². The van der Waals surface area contributed by atoms with Crippen LogP contribution in [0.1, 0.15) is 19.3 Å². The van der Waals surface area contributed by atoms with Crippen LogP contribution in [0.3, 0.4) is 0 Å². The summed E-state index contributed by atoms with van der Waals surface area (Å²) < 4.78 is 0. The van der Waals surface area contributed by atoms with E-state index in [1.165, 1.54) is 6.07 Å². The third-order valence-electron chi connectivity index (χ3n) is 4.18. The Morgan fingerprint density at radius 2 is 2.24 bits per heavy atom. The molecule has 1 saturated carbocycles. The van der Waals surface area contributed by atoms with E-state index in [9.17, 15) is 15.2 Å². The Morgan fingerprint density at radius 3 is 3.00 bits per heavy atom. The van der Waals surface area contributed by atoms with E-state index < -0.39 is 4.92 Å². The Balaban J connectivity index is 1.99. The van der Waals surface area contributed by atoms with Crippen LogP contribution >= 0.6 is 0 Å². The van der Waals surface area contributed by atoms with E-state index in [0.717, 1.165) is 30.3 Å². The predicted octanol–water partition coefficient (Wildman–Crippen LogP) is 2.72. The lowest BCUT2D eigenvalue weighted by Crippen LogP contribution is -2.26. The number of aliphatic hydroxyl groups excluding tert-OH is 1. The lowest BCUT2D eigenvalue weighted by Gasteiger charge is -2.21. The minimum absolute atomic E-state index is 0.0151. The number of anilines is 1. The first-order valence-corrected chi connectivity index (χ1v) is 7.10. The predicted molar refractivity (Wildman–Crippen MR) is 80.2 cm³/mol. The number of nitro benzene ring substituents is 1. The zero-order valence-electron chi connectivity index (χ0n) is 11.5. The van der Waals surface area contributed by atoms with Crippen LogP contribution in [0.15, 0.2) is 30.5 Å². The van der Waals surface area contributed by atoms with Crippen molar-refractivity contribution in [1.29, 1.82) is 0 Å². The van der Waals surface area contributed by atoms with Gasteiger partial charge in [0.1, 0.15) is 5.52 Å². The number of nitrogens with one attached hydrogen (secondary N) is 1. The number of non-ortho nitro benzene ring substituents is 1. The summed E-state index contributed by atoms with van der Waals surface area (Å²) in [6.07, 6.45) is 4.69. The molecule has 0 saturated heterocycles. The standard InChI is InChI=1S/C15H17N3O3/c19-9-10-3-1-5-12(10)17-13-7-8-16-15-11(13)4-2-6-14(15)18(20)21/h2,4,6-8,10,12,19H,1,3,5,9H2,(H,16,17). The maximum absolute atomic E-state index is 11.1. The molecule has 110 valence electrons. The quantitative estimate of drug-likeness (QED) is 0.666. The van der Waals surface area contributed by atoms with Crippen molar-refractivity contribution in [2.24, 2.45) is 5.92 Å². The summed E-state index contributed by atoms with van der Waals surface area (Å²) in [5, 5.41) is 24.7. The van der Waals surface area contributed by atoms with Gasteiger partial charge in [-0.2, -0.15) is 0 Å². The van der Waals surface area contributed by atoms with Crippen LogP contribution in [-0.4, -0.2) is 27.7 Å². The van der Waals surface area contributed by atoms with E-state index in [-0.39, 0.29) is 24.3 Å². The van der Waals surface area contributed by atoms with Gasteiger partial charge < -0.3 is 10.4 Å². The molecule has 0 amide bonds. The molecule has 1 aromatic heterocycles.